The molecule has 256 valence electrons. The van der Waals surface area contributed by atoms with Crippen LogP contribution in [0.15, 0.2) is 0 Å². The normalized spacial score (nSPS) is 55.4. The summed E-state index contributed by atoms with van der Waals surface area (Å²) in [5, 5.41) is 105. The zero-order valence-electron chi connectivity index (χ0n) is 24.8. The van der Waals surface area contributed by atoms with Crippen molar-refractivity contribution >= 4 is 0 Å². The molecular weight excluding hydrogens is 592 g/mol. The Morgan fingerprint density at radius 2 is 1.34 bits per heavy atom. The summed E-state index contributed by atoms with van der Waals surface area (Å²) in [6, 6.07) is 0. The van der Waals surface area contributed by atoms with E-state index < -0.39 is 117 Å². The maximum absolute atomic E-state index is 10.9. The van der Waals surface area contributed by atoms with Gasteiger partial charge in [0.05, 0.1) is 43.0 Å². The molecule has 0 spiro atoms. The second-order valence-corrected chi connectivity index (χ2v) is 13.1. The lowest BCUT2D eigenvalue weighted by Crippen LogP contribution is -2.64. The van der Waals surface area contributed by atoms with Crippen LogP contribution in [0.1, 0.15) is 39.0 Å². The fraction of sp³-hybridized carbons (Fsp3) is 1.00. The molecule has 5 fully saturated rings. The molecule has 0 aromatic rings. The third-order valence-electron chi connectivity index (χ3n) is 10.1. The summed E-state index contributed by atoms with van der Waals surface area (Å²) in [7, 11) is 1.43. The molecule has 5 aliphatic rings. The van der Waals surface area contributed by atoms with Gasteiger partial charge in [0.1, 0.15) is 54.9 Å². The smallest absolute Gasteiger partial charge is 0.187 e. The molecular formula is C28H49O16+. The van der Waals surface area contributed by atoms with E-state index in [9.17, 15) is 51.1 Å². The number of hydrogen-bond donors (Lipinski definition) is 10. The molecule has 3 heterocycles. The van der Waals surface area contributed by atoms with Gasteiger partial charge in [0.25, 0.3) is 0 Å². The van der Waals surface area contributed by atoms with Crippen LogP contribution in [0.5, 0.6) is 0 Å². The number of methoxy groups -OCH3 is 1. The van der Waals surface area contributed by atoms with E-state index in [4.69, 9.17) is 28.4 Å². The van der Waals surface area contributed by atoms with Gasteiger partial charge in [0, 0.05) is 25.9 Å². The molecule has 0 amide bonds. The van der Waals surface area contributed by atoms with Gasteiger partial charge >= 0.3 is 0 Å². The molecule has 3 aliphatic heterocycles. The van der Waals surface area contributed by atoms with Crippen molar-refractivity contribution in [1.82, 2.24) is 0 Å². The third-order valence-corrected chi connectivity index (χ3v) is 10.1. The van der Waals surface area contributed by atoms with Crippen LogP contribution in [0.4, 0.5) is 0 Å². The van der Waals surface area contributed by atoms with Crippen molar-refractivity contribution in [3.8, 4) is 0 Å². The predicted octanol–water partition coefficient (Wildman–Crippen LogP) is -5.03. The number of rotatable bonds is 7. The summed E-state index contributed by atoms with van der Waals surface area (Å²) >= 11 is 0. The van der Waals surface area contributed by atoms with E-state index >= 15 is 0 Å². The van der Waals surface area contributed by atoms with Crippen molar-refractivity contribution in [2.24, 2.45) is 11.8 Å². The highest BCUT2D eigenvalue weighted by atomic mass is 16.7. The molecule has 0 aromatic heterocycles. The van der Waals surface area contributed by atoms with Gasteiger partial charge in [0.2, 0.25) is 0 Å². The van der Waals surface area contributed by atoms with E-state index in [1.807, 2.05) is 0 Å². The molecule has 0 bridgehead atoms. The Hall–Kier alpha value is -0.640. The molecule has 16 heteroatoms. The van der Waals surface area contributed by atoms with E-state index in [1.54, 1.807) is 0 Å². The quantitative estimate of drug-likeness (QED) is 0.117. The second kappa shape index (κ2) is 14.2. The summed E-state index contributed by atoms with van der Waals surface area (Å²) in [6.45, 7) is 1.02. The monoisotopic (exact) mass is 641 g/mol. The first-order chi connectivity index (χ1) is 20.8. The van der Waals surface area contributed by atoms with E-state index in [-0.39, 0.29) is 31.1 Å². The van der Waals surface area contributed by atoms with Gasteiger partial charge in [-0.2, -0.15) is 0 Å². The molecule has 0 aromatic carbocycles. The standard InChI is InChI=1S/C28H48O16/c1-9-19(32)22(35)24(37)27(41-9)40-8-18-21(34)23(36)25(38)28(44-18)43-17-7-12-13(30)5-11(29)6-15(12)42-26(17)10-3-14(31)20(33)16(4-10)39-2/h9-38H,3-8H2,1-2H3/p+1/t9-,10?,11?,12?,13?,14?,15?,16?,17?,18-,19-,20?,21-,22+,23+,24-,25-,26?,27-,28-/m1/s1. The lowest BCUT2D eigenvalue weighted by Gasteiger charge is -2.49. The number of fused-ring (bicyclic) bond motifs is 1. The Kier molecular flexibility index (Phi) is 11.2. The summed E-state index contributed by atoms with van der Waals surface area (Å²) in [6.07, 6.45) is -19.6. The van der Waals surface area contributed by atoms with E-state index in [2.05, 4.69) is 0 Å². The first kappa shape index (κ1) is 34.7. The Morgan fingerprint density at radius 1 is 0.659 bits per heavy atom. The maximum atomic E-state index is 10.9. The Labute approximate surface area is 254 Å². The van der Waals surface area contributed by atoms with Gasteiger partial charge < -0.3 is 79.5 Å². The van der Waals surface area contributed by atoms with Gasteiger partial charge in [-0.25, -0.2) is 0 Å². The van der Waals surface area contributed by atoms with Gasteiger partial charge in [-0.1, -0.05) is 0 Å². The zero-order valence-corrected chi connectivity index (χ0v) is 24.8. The van der Waals surface area contributed by atoms with Crippen LogP contribution in [-0.2, 0) is 23.7 Å². The molecule has 11 N–H and O–H groups in total. The minimum atomic E-state index is -1.72. The molecule has 20 atom stereocenters. The summed E-state index contributed by atoms with van der Waals surface area (Å²) < 4.78 is 33.5. The average Bonchev–Trinajstić information content (AvgIpc) is 2.99. The molecule has 3 saturated heterocycles. The van der Waals surface area contributed by atoms with Crippen molar-refractivity contribution in [1.29, 1.82) is 0 Å². The van der Waals surface area contributed by atoms with E-state index in [0.29, 0.717) is 12.8 Å². The minimum absolute atomic E-state index is 0.167. The predicted molar refractivity (Wildman–Crippen MR) is 145 cm³/mol. The summed E-state index contributed by atoms with van der Waals surface area (Å²) in [4.78, 5) is 0. The molecule has 0 radical (unpaired) electrons. The Morgan fingerprint density at radius 3 is 2.05 bits per heavy atom. The largest absolute Gasteiger partial charge is 0.427 e. The zero-order chi connectivity index (χ0) is 32.0. The number of ether oxygens (including phenoxy) is 6. The third kappa shape index (κ3) is 6.96. The molecule has 10 unspecified atom stereocenters. The number of aliphatic hydroxyl groups is 12. The van der Waals surface area contributed by atoms with Crippen molar-refractivity contribution in [2.45, 2.75) is 149 Å². The minimum Gasteiger partial charge on any atom is -0.427 e. The molecule has 2 saturated carbocycles. The Bertz CT molecular complexity index is 930. The van der Waals surface area contributed by atoms with Crippen molar-refractivity contribution < 1.29 is 79.5 Å². The maximum Gasteiger partial charge on any atom is 0.187 e. The average molecular weight is 642 g/mol. The van der Waals surface area contributed by atoms with Gasteiger partial charge in [-0.05, 0) is 26.2 Å². The SMILES string of the molecule is COC1CC(C2[OH+]C3CC(O)CC(O)C3CC2O[C@@H]2O[C@H](CO[C@@H]3O[C@H](C)[C@@H](O)[C@H](O)[C@H]3O)[C@@H](O)[C@H](O)[C@H]2O)CC(O)C1O. The van der Waals surface area contributed by atoms with E-state index in [1.165, 1.54) is 14.0 Å². The van der Waals surface area contributed by atoms with Crippen LogP contribution in [-0.4, -0.2) is 180 Å². The lowest BCUT2D eigenvalue weighted by atomic mass is 9.72. The number of aliphatic hydroxyl groups excluding tert-OH is 10. The highest BCUT2D eigenvalue weighted by Crippen LogP contribution is 2.42. The van der Waals surface area contributed by atoms with Crippen LogP contribution in [0.25, 0.3) is 0 Å². The molecule has 5 rings (SSSR count). The fourth-order valence-electron chi connectivity index (χ4n) is 7.46. The van der Waals surface area contributed by atoms with E-state index in [0.717, 1.165) is 0 Å². The summed E-state index contributed by atoms with van der Waals surface area (Å²) in [5.41, 5.74) is 0. The Balaban J connectivity index is 1.31. The van der Waals surface area contributed by atoms with Gasteiger partial charge in [-0.3, -0.25) is 0 Å². The first-order valence-electron chi connectivity index (χ1n) is 15.4. The van der Waals surface area contributed by atoms with Gasteiger partial charge in [0.15, 0.2) is 24.8 Å². The molecule has 2 aliphatic carbocycles. The van der Waals surface area contributed by atoms with Gasteiger partial charge in [-0.15, -0.1) is 0 Å². The second-order valence-electron chi connectivity index (χ2n) is 13.1. The first-order valence-corrected chi connectivity index (χ1v) is 15.4. The fourth-order valence-corrected chi connectivity index (χ4v) is 7.46. The van der Waals surface area contributed by atoms with Crippen LogP contribution in [0.2, 0.25) is 0 Å². The highest BCUT2D eigenvalue weighted by molar-refractivity contribution is 5.00. The van der Waals surface area contributed by atoms with Crippen molar-refractivity contribution in [3.63, 3.8) is 0 Å². The van der Waals surface area contributed by atoms with Crippen LogP contribution in [0, 0.1) is 11.8 Å². The molecule has 44 heavy (non-hydrogen) atoms. The molecule has 16 nitrogen and oxygen atoms in total. The lowest BCUT2D eigenvalue weighted by molar-refractivity contribution is -0.363. The van der Waals surface area contributed by atoms with Crippen molar-refractivity contribution in [2.75, 3.05) is 13.7 Å². The topological polar surface area (TPSA) is 261 Å². The summed E-state index contributed by atoms with van der Waals surface area (Å²) in [5.74, 6) is -0.717. The highest BCUT2D eigenvalue weighted by Gasteiger charge is 2.56. The van der Waals surface area contributed by atoms with Crippen LogP contribution < -0.4 is 0 Å². The van der Waals surface area contributed by atoms with Crippen LogP contribution >= 0.6 is 0 Å². The number of hydrogen-bond acceptors (Lipinski definition) is 15. The van der Waals surface area contributed by atoms with Crippen LogP contribution in [0.3, 0.4) is 0 Å². The van der Waals surface area contributed by atoms with Crippen molar-refractivity contribution in [3.05, 3.63) is 0 Å².